The summed E-state index contributed by atoms with van der Waals surface area (Å²) in [5, 5.41) is 3.40. The Morgan fingerprint density at radius 1 is 1.37 bits per heavy atom. The zero-order valence-electron chi connectivity index (χ0n) is 16.4. The van der Waals surface area contributed by atoms with Crippen LogP contribution >= 0.6 is 24.0 Å². The van der Waals surface area contributed by atoms with Crippen LogP contribution in [0.5, 0.6) is 0 Å². The number of thiocarbonyl (C=S) groups is 1. The van der Waals surface area contributed by atoms with Crippen molar-refractivity contribution in [3.05, 3.63) is 53.2 Å². The van der Waals surface area contributed by atoms with E-state index in [1.54, 1.807) is 18.7 Å². The number of benzene rings is 1. The summed E-state index contributed by atoms with van der Waals surface area (Å²) >= 11 is 7.26. The van der Waals surface area contributed by atoms with Gasteiger partial charge in [-0.25, -0.2) is 9.78 Å². The molecule has 0 saturated heterocycles. The largest absolute Gasteiger partial charge is 0.464 e. The monoisotopic (exact) mass is 406 g/mol. The first-order valence-electron chi connectivity index (χ1n) is 8.76. The van der Waals surface area contributed by atoms with Crippen LogP contribution in [-0.2, 0) is 16.0 Å². The molecule has 1 atom stereocenters. The first kappa shape index (κ1) is 21.4. The summed E-state index contributed by atoms with van der Waals surface area (Å²) in [5.41, 5.74) is 0.803. The standard InChI is InChI=1S/C20H26N2O3S2/c1-13(2)17(26)22-20(4,12-27-11-15-9-7-6-8-10-15)19-21-16(14(3)25-19)18(23)24-5/h6-10,13H,11-12H2,1-5H3,(H,22,26)/t20-/m0/s1. The van der Waals surface area contributed by atoms with Gasteiger partial charge >= 0.3 is 5.97 Å². The number of nitrogens with zero attached hydrogens (tertiary/aromatic N) is 1. The molecule has 1 aromatic heterocycles. The number of carbonyl (C=O) groups excluding carboxylic acids is 1. The van der Waals surface area contributed by atoms with Crippen LogP contribution in [0, 0.1) is 12.8 Å². The second-order valence-electron chi connectivity index (χ2n) is 6.87. The molecule has 0 aliphatic rings. The summed E-state index contributed by atoms with van der Waals surface area (Å²) < 4.78 is 10.6. The van der Waals surface area contributed by atoms with Crippen LogP contribution in [0.25, 0.3) is 0 Å². The second-order valence-corrected chi connectivity index (χ2v) is 8.30. The van der Waals surface area contributed by atoms with Gasteiger partial charge in [0.05, 0.1) is 12.1 Å². The fourth-order valence-electron chi connectivity index (χ4n) is 2.43. The number of thioether (sulfide) groups is 1. The first-order chi connectivity index (χ1) is 12.8. The summed E-state index contributed by atoms with van der Waals surface area (Å²) in [5.74, 6) is 2.09. The van der Waals surface area contributed by atoms with E-state index in [0.29, 0.717) is 17.4 Å². The third-order valence-corrected chi connectivity index (χ3v) is 5.97. The molecule has 1 aromatic carbocycles. The molecule has 2 rings (SSSR count). The number of methoxy groups -OCH3 is 1. The minimum Gasteiger partial charge on any atom is -0.464 e. The van der Waals surface area contributed by atoms with E-state index >= 15 is 0 Å². The summed E-state index contributed by atoms with van der Waals surface area (Å²) in [4.78, 5) is 17.1. The molecule has 0 saturated carbocycles. The number of carbonyl (C=O) groups is 1. The van der Waals surface area contributed by atoms with E-state index in [4.69, 9.17) is 21.4 Å². The maximum Gasteiger partial charge on any atom is 0.360 e. The maximum absolute atomic E-state index is 11.9. The Labute approximate surface area is 170 Å². The third-order valence-electron chi connectivity index (χ3n) is 4.07. The molecule has 0 bridgehead atoms. The Morgan fingerprint density at radius 3 is 2.63 bits per heavy atom. The topological polar surface area (TPSA) is 64.4 Å². The van der Waals surface area contributed by atoms with Gasteiger partial charge in [0.15, 0.2) is 5.69 Å². The van der Waals surface area contributed by atoms with Crippen molar-refractivity contribution in [2.24, 2.45) is 5.92 Å². The average molecular weight is 407 g/mol. The molecule has 0 spiro atoms. The van der Waals surface area contributed by atoms with Gasteiger partial charge in [-0.3, -0.25) is 0 Å². The van der Waals surface area contributed by atoms with Gasteiger partial charge in [0.25, 0.3) is 0 Å². The summed E-state index contributed by atoms with van der Waals surface area (Å²) in [6.45, 7) is 7.77. The summed E-state index contributed by atoms with van der Waals surface area (Å²) in [6.07, 6.45) is 0. The van der Waals surface area contributed by atoms with Crippen LogP contribution < -0.4 is 5.32 Å². The van der Waals surface area contributed by atoms with Crippen LogP contribution in [0.4, 0.5) is 0 Å². The normalized spacial score (nSPS) is 13.3. The fraction of sp³-hybridized carbons (Fsp3) is 0.450. The van der Waals surface area contributed by atoms with Gasteiger partial charge in [-0.1, -0.05) is 56.4 Å². The summed E-state index contributed by atoms with van der Waals surface area (Å²) in [7, 11) is 1.33. The molecular formula is C20H26N2O3S2. The lowest BCUT2D eigenvalue weighted by Gasteiger charge is -2.30. The number of hydrogen-bond donors (Lipinski definition) is 1. The highest BCUT2D eigenvalue weighted by atomic mass is 32.2. The van der Waals surface area contributed by atoms with E-state index in [1.165, 1.54) is 12.7 Å². The lowest BCUT2D eigenvalue weighted by atomic mass is 10.0. The number of rotatable bonds is 8. The van der Waals surface area contributed by atoms with Gasteiger partial charge < -0.3 is 14.5 Å². The van der Waals surface area contributed by atoms with Crippen molar-refractivity contribution >= 4 is 34.9 Å². The number of hydrogen-bond acceptors (Lipinski definition) is 6. The fourth-order valence-corrected chi connectivity index (χ4v) is 3.79. The van der Waals surface area contributed by atoms with E-state index in [-0.39, 0.29) is 11.6 Å². The van der Waals surface area contributed by atoms with Crippen LogP contribution in [0.15, 0.2) is 34.7 Å². The Bertz CT molecular complexity index is 790. The molecule has 1 heterocycles. The average Bonchev–Trinajstić information content (AvgIpc) is 3.04. The van der Waals surface area contributed by atoms with Crippen molar-refractivity contribution in [2.45, 2.75) is 39.0 Å². The number of esters is 1. The van der Waals surface area contributed by atoms with Crippen molar-refractivity contribution in [1.29, 1.82) is 0 Å². The molecule has 5 nitrogen and oxygen atoms in total. The Kier molecular flexibility index (Phi) is 7.44. The Hall–Kier alpha value is -1.86. The number of nitrogens with one attached hydrogen (secondary N) is 1. The van der Waals surface area contributed by atoms with Crippen molar-refractivity contribution in [3.63, 3.8) is 0 Å². The lowest BCUT2D eigenvalue weighted by molar-refractivity contribution is 0.0593. The number of aryl methyl sites for hydroxylation is 1. The molecule has 1 N–H and O–H groups in total. The smallest absolute Gasteiger partial charge is 0.360 e. The van der Waals surface area contributed by atoms with E-state index in [9.17, 15) is 4.79 Å². The number of aromatic nitrogens is 1. The van der Waals surface area contributed by atoms with Gasteiger partial charge in [-0.05, 0) is 19.4 Å². The molecular weight excluding hydrogens is 380 g/mol. The molecule has 0 fully saturated rings. The van der Waals surface area contributed by atoms with Crippen molar-refractivity contribution in [3.8, 4) is 0 Å². The minimum atomic E-state index is -0.641. The molecule has 0 aliphatic heterocycles. The highest BCUT2D eigenvalue weighted by Crippen LogP contribution is 2.29. The highest BCUT2D eigenvalue weighted by molar-refractivity contribution is 7.98. The first-order valence-corrected chi connectivity index (χ1v) is 10.3. The predicted octanol–water partition coefficient (Wildman–Crippen LogP) is 4.49. The van der Waals surface area contributed by atoms with Gasteiger partial charge in [-0.2, -0.15) is 11.8 Å². The molecule has 0 aliphatic carbocycles. The minimum absolute atomic E-state index is 0.189. The van der Waals surface area contributed by atoms with Gasteiger partial charge in [0.1, 0.15) is 11.3 Å². The van der Waals surface area contributed by atoms with E-state index in [1.807, 2.05) is 39.0 Å². The molecule has 27 heavy (non-hydrogen) atoms. The van der Waals surface area contributed by atoms with Crippen molar-refractivity contribution in [1.82, 2.24) is 10.3 Å². The Morgan fingerprint density at radius 2 is 2.04 bits per heavy atom. The molecule has 146 valence electrons. The molecule has 7 heteroatoms. The van der Waals surface area contributed by atoms with Crippen LogP contribution in [0.3, 0.4) is 0 Å². The van der Waals surface area contributed by atoms with Crippen molar-refractivity contribution in [2.75, 3.05) is 12.9 Å². The Balaban J connectivity index is 2.24. The zero-order valence-corrected chi connectivity index (χ0v) is 18.0. The number of oxazole rings is 1. The van der Waals surface area contributed by atoms with E-state index < -0.39 is 11.5 Å². The van der Waals surface area contributed by atoms with Gasteiger partial charge in [-0.15, -0.1) is 0 Å². The van der Waals surface area contributed by atoms with Gasteiger partial charge in [0.2, 0.25) is 5.89 Å². The highest BCUT2D eigenvalue weighted by Gasteiger charge is 2.35. The van der Waals surface area contributed by atoms with Crippen LogP contribution in [0.1, 0.15) is 48.5 Å². The van der Waals surface area contributed by atoms with E-state index in [0.717, 1.165) is 10.7 Å². The summed E-state index contributed by atoms with van der Waals surface area (Å²) in [6, 6.07) is 10.3. The maximum atomic E-state index is 11.9. The number of ether oxygens (including phenoxy) is 1. The molecule has 0 amide bonds. The van der Waals surface area contributed by atoms with Crippen LogP contribution in [-0.4, -0.2) is 28.8 Å². The third kappa shape index (κ3) is 5.56. The molecule has 0 unspecified atom stereocenters. The quantitative estimate of drug-likeness (QED) is 0.512. The zero-order chi connectivity index (χ0) is 20.0. The van der Waals surface area contributed by atoms with E-state index in [2.05, 4.69) is 22.4 Å². The van der Waals surface area contributed by atoms with Crippen molar-refractivity contribution < 1.29 is 13.9 Å². The second kappa shape index (κ2) is 9.37. The molecule has 0 radical (unpaired) electrons. The lowest BCUT2D eigenvalue weighted by Crippen LogP contribution is -2.46. The molecule has 2 aromatic rings. The van der Waals surface area contributed by atoms with Crippen LogP contribution in [0.2, 0.25) is 0 Å². The SMILES string of the molecule is COC(=O)c1nc([C@](C)(CSCc2ccccc2)NC(=S)C(C)C)oc1C. The predicted molar refractivity (Wildman–Crippen MR) is 113 cm³/mol. The van der Waals surface area contributed by atoms with Gasteiger partial charge in [0, 0.05) is 17.4 Å².